The molecule has 0 spiro atoms. The molecule has 0 saturated heterocycles. The highest BCUT2D eigenvalue weighted by Gasteiger charge is 2.36. The number of cyclic esters (lactones) is 1. The predicted octanol–water partition coefficient (Wildman–Crippen LogP) is 4.12. The molecule has 0 aromatic heterocycles. The Labute approximate surface area is 139 Å². The first-order valence-electron chi connectivity index (χ1n) is 8.02. The van der Waals surface area contributed by atoms with Gasteiger partial charge >= 0.3 is 11.9 Å². The van der Waals surface area contributed by atoms with E-state index < -0.39 is 11.6 Å². The van der Waals surface area contributed by atoms with Gasteiger partial charge in [-0.1, -0.05) is 26.0 Å². The van der Waals surface area contributed by atoms with Gasteiger partial charge in [-0.2, -0.15) is 0 Å². The second kappa shape index (κ2) is 7.16. The quantitative estimate of drug-likeness (QED) is 0.434. The number of hydrogen-bond donors (Lipinski definition) is 0. The summed E-state index contributed by atoms with van der Waals surface area (Å²) in [4.78, 5) is 25.0. The predicted molar refractivity (Wildman–Crippen MR) is 90.8 cm³/mol. The normalized spacial score (nSPS) is 18.5. The molecule has 23 heavy (non-hydrogen) atoms. The van der Waals surface area contributed by atoms with E-state index in [9.17, 15) is 9.59 Å². The van der Waals surface area contributed by atoms with Crippen molar-refractivity contribution in [1.82, 2.24) is 0 Å². The monoisotopic (exact) mass is 320 g/mol. The van der Waals surface area contributed by atoms with E-state index in [0.717, 1.165) is 5.57 Å². The van der Waals surface area contributed by atoms with Gasteiger partial charge in [-0.05, 0) is 51.7 Å². The van der Waals surface area contributed by atoms with Gasteiger partial charge in [0.05, 0.1) is 17.8 Å². The minimum Gasteiger partial charge on any atom is -0.462 e. The maximum absolute atomic E-state index is 12.6. The Hall–Kier alpha value is -1.84. The Morgan fingerprint density at radius 3 is 2.35 bits per heavy atom. The van der Waals surface area contributed by atoms with Crippen molar-refractivity contribution in [2.75, 3.05) is 6.61 Å². The molecule has 1 aliphatic rings. The van der Waals surface area contributed by atoms with Crippen molar-refractivity contribution < 1.29 is 19.1 Å². The highest BCUT2D eigenvalue weighted by atomic mass is 16.6. The van der Waals surface area contributed by atoms with E-state index in [-0.39, 0.29) is 18.5 Å². The van der Waals surface area contributed by atoms with Crippen LogP contribution in [0.1, 0.15) is 54.9 Å². The summed E-state index contributed by atoms with van der Waals surface area (Å²) >= 11 is 0. The lowest BCUT2D eigenvalue weighted by Crippen LogP contribution is -2.35. The number of hydrogen-bond acceptors (Lipinski definition) is 4. The van der Waals surface area contributed by atoms with Gasteiger partial charge < -0.3 is 9.47 Å². The Morgan fingerprint density at radius 2 is 1.96 bits per heavy atom. The van der Waals surface area contributed by atoms with Crippen LogP contribution in [-0.4, -0.2) is 24.1 Å². The maximum Gasteiger partial charge on any atom is 0.338 e. The fraction of sp³-hybridized carbons (Fsp3) is 0.579. The van der Waals surface area contributed by atoms with Crippen LogP contribution in [0.4, 0.5) is 0 Å². The summed E-state index contributed by atoms with van der Waals surface area (Å²) in [7, 11) is 0. The Bertz CT molecular complexity index is 588. The summed E-state index contributed by atoms with van der Waals surface area (Å²) in [6.45, 7) is 17.3. The van der Waals surface area contributed by atoms with Crippen LogP contribution in [0.25, 0.3) is 0 Å². The largest absolute Gasteiger partial charge is 0.462 e. The Balaban J connectivity index is 3.62. The fourth-order valence-corrected chi connectivity index (χ4v) is 3.00. The summed E-state index contributed by atoms with van der Waals surface area (Å²) in [6, 6.07) is 0. The van der Waals surface area contributed by atoms with Crippen LogP contribution < -0.4 is 0 Å². The van der Waals surface area contributed by atoms with E-state index in [1.165, 1.54) is 0 Å². The highest BCUT2D eigenvalue weighted by molar-refractivity contribution is 6.02. The SMILES string of the molecule is C=C(C)/C(C(=O)OCC)=C(\C1=C(C)CC(C)(C)OC1=O)C(C)C. The third-order valence-electron chi connectivity index (χ3n) is 3.71. The number of carbonyl (C=O) groups is 2. The molecular formula is C19H28O4. The Kier molecular flexibility index (Phi) is 5.98. The molecule has 0 fully saturated rings. The van der Waals surface area contributed by atoms with E-state index in [4.69, 9.17) is 9.47 Å². The molecule has 0 amide bonds. The molecule has 0 unspecified atom stereocenters. The van der Waals surface area contributed by atoms with Crippen LogP contribution in [0.5, 0.6) is 0 Å². The van der Waals surface area contributed by atoms with Crippen LogP contribution in [-0.2, 0) is 19.1 Å². The van der Waals surface area contributed by atoms with Gasteiger partial charge in [-0.15, -0.1) is 0 Å². The van der Waals surface area contributed by atoms with Gasteiger partial charge in [0.1, 0.15) is 5.60 Å². The van der Waals surface area contributed by atoms with Crippen molar-refractivity contribution in [1.29, 1.82) is 0 Å². The topological polar surface area (TPSA) is 52.6 Å². The maximum atomic E-state index is 12.6. The van der Waals surface area contributed by atoms with Crippen LogP contribution in [0, 0.1) is 5.92 Å². The summed E-state index contributed by atoms with van der Waals surface area (Å²) < 4.78 is 10.7. The average molecular weight is 320 g/mol. The number of carbonyl (C=O) groups excluding carboxylic acids is 2. The van der Waals surface area contributed by atoms with E-state index in [2.05, 4.69) is 6.58 Å². The number of rotatable bonds is 5. The van der Waals surface area contributed by atoms with Crippen LogP contribution in [0.2, 0.25) is 0 Å². The lowest BCUT2D eigenvalue weighted by molar-refractivity contribution is -0.153. The molecule has 0 radical (unpaired) electrons. The average Bonchev–Trinajstić information content (AvgIpc) is 2.34. The zero-order valence-electron chi connectivity index (χ0n) is 15.3. The number of esters is 2. The molecule has 0 aromatic rings. The molecule has 1 heterocycles. The van der Waals surface area contributed by atoms with Crippen LogP contribution in [0.15, 0.2) is 34.4 Å². The molecule has 1 aliphatic heterocycles. The van der Waals surface area contributed by atoms with Crippen molar-refractivity contribution in [3.05, 3.63) is 34.4 Å². The summed E-state index contributed by atoms with van der Waals surface area (Å²) in [5.74, 6) is -0.864. The van der Waals surface area contributed by atoms with Crippen molar-refractivity contribution in [2.24, 2.45) is 5.92 Å². The van der Waals surface area contributed by atoms with Gasteiger partial charge in [0.2, 0.25) is 0 Å². The van der Waals surface area contributed by atoms with Gasteiger partial charge in [0.25, 0.3) is 0 Å². The van der Waals surface area contributed by atoms with Gasteiger partial charge in [-0.3, -0.25) is 0 Å². The first-order chi connectivity index (χ1) is 10.5. The molecule has 4 nitrogen and oxygen atoms in total. The molecule has 0 aromatic carbocycles. The fourth-order valence-electron chi connectivity index (χ4n) is 3.00. The van der Waals surface area contributed by atoms with Crippen molar-refractivity contribution in [3.63, 3.8) is 0 Å². The highest BCUT2D eigenvalue weighted by Crippen LogP contribution is 2.37. The Morgan fingerprint density at radius 1 is 1.39 bits per heavy atom. The zero-order chi connectivity index (χ0) is 17.9. The van der Waals surface area contributed by atoms with Crippen molar-refractivity contribution >= 4 is 11.9 Å². The number of ether oxygens (including phenoxy) is 2. The molecule has 1 rings (SSSR count). The molecule has 0 N–H and O–H groups in total. The van der Waals surface area contributed by atoms with E-state index >= 15 is 0 Å². The molecule has 0 bridgehead atoms. The van der Waals surface area contributed by atoms with Crippen LogP contribution >= 0.6 is 0 Å². The van der Waals surface area contributed by atoms with Gasteiger partial charge in [0.15, 0.2) is 0 Å². The zero-order valence-corrected chi connectivity index (χ0v) is 15.3. The molecule has 0 atom stereocenters. The van der Waals surface area contributed by atoms with Crippen molar-refractivity contribution in [2.45, 2.75) is 60.5 Å². The summed E-state index contributed by atoms with van der Waals surface area (Å²) in [6.07, 6.45) is 0.636. The first kappa shape index (κ1) is 19.2. The summed E-state index contributed by atoms with van der Waals surface area (Å²) in [5, 5.41) is 0. The second-order valence-electron chi connectivity index (χ2n) is 6.93. The minimum absolute atomic E-state index is 0.0372. The summed E-state index contributed by atoms with van der Waals surface area (Å²) in [5.41, 5.74) is 2.52. The van der Waals surface area contributed by atoms with Gasteiger partial charge in [0, 0.05) is 6.42 Å². The molecule has 128 valence electrons. The second-order valence-corrected chi connectivity index (χ2v) is 6.93. The minimum atomic E-state index is -0.528. The lowest BCUT2D eigenvalue weighted by Gasteiger charge is -2.33. The molecule has 0 saturated carbocycles. The van der Waals surface area contributed by atoms with E-state index in [1.54, 1.807) is 13.8 Å². The van der Waals surface area contributed by atoms with Gasteiger partial charge in [-0.25, -0.2) is 9.59 Å². The van der Waals surface area contributed by atoms with E-state index in [1.807, 2.05) is 34.6 Å². The molecular weight excluding hydrogens is 292 g/mol. The standard InChI is InChI=1S/C19H28O4/c1-9-22-17(20)15(12(4)5)14(11(2)3)16-13(6)10-19(7,8)23-18(16)21/h11H,4,9-10H2,1-3,5-8H3/b15-14+. The van der Waals surface area contributed by atoms with Crippen LogP contribution in [0.3, 0.4) is 0 Å². The third-order valence-corrected chi connectivity index (χ3v) is 3.71. The van der Waals surface area contributed by atoms with E-state index in [0.29, 0.717) is 28.7 Å². The molecule has 0 aliphatic carbocycles. The van der Waals surface area contributed by atoms with Crippen molar-refractivity contribution in [3.8, 4) is 0 Å². The lowest BCUT2D eigenvalue weighted by atomic mass is 9.82. The smallest absolute Gasteiger partial charge is 0.338 e. The molecule has 4 heteroatoms. The first-order valence-corrected chi connectivity index (χ1v) is 8.02. The third kappa shape index (κ3) is 4.34.